The summed E-state index contributed by atoms with van der Waals surface area (Å²) in [6, 6.07) is 6.87. The van der Waals surface area contributed by atoms with Crippen LogP contribution in [0.15, 0.2) is 36.4 Å². The molecule has 1 aliphatic heterocycles. The van der Waals surface area contributed by atoms with Crippen LogP contribution in [0, 0.1) is 16.0 Å². The highest BCUT2D eigenvalue weighted by molar-refractivity contribution is 5.74. The second kappa shape index (κ2) is 7.78. The van der Waals surface area contributed by atoms with Crippen molar-refractivity contribution in [3.05, 3.63) is 57.7 Å². The molecule has 2 aliphatic rings. The zero-order chi connectivity index (χ0) is 21.4. The molecule has 1 N–H and O–H groups in total. The second-order valence-electron chi connectivity index (χ2n) is 7.27. The van der Waals surface area contributed by atoms with E-state index >= 15 is 0 Å². The van der Waals surface area contributed by atoms with Crippen molar-refractivity contribution >= 4 is 11.4 Å². The number of methoxy groups -OCH3 is 4. The number of fused-ring (bicyclic) bond motifs is 3. The monoisotopic (exact) mass is 412 g/mol. The molecule has 0 amide bonds. The summed E-state index contributed by atoms with van der Waals surface area (Å²) in [5.41, 5.74) is 2.37. The molecule has 0 spiro atoms. The minimum Gasteiger partial charge on any atom is -0.495 e. The molecule has 0 fully saturated rings. The van der Waals surface area contributed by atoms with Crippen LogP contribution < -0.4 is 24.3 Å². The lowest BCUT2D eigenvalue weighted by molar-refractivity contribution is -0.385. The molecule has 0 bridgehead atoms. The molecule has 2 aromatic rings. The summed E-state index contributed by atoms with van der Waals surface area (Å²) in [5, 5.41) is 15.2. The number of nitrogens with zero attached hydrogens (tertiary/aromatic N) is 1. The van der Waals surface area contributed by atoms with Crippen molar-refractivity contribution in [2.45, 2.75) is 18.4 Å². The van der Waals surface area contributed by atoms with Gasteiger partial charge in [-0.15, -0.1) is 0 Å². The van der Waals surface area contributed by atoms with E-state index in [4.69, 9.17) is 18.9 Å². The minimum absolute atomic E-state index is 0.0964. The number of benzene rings is 2. The number of allylic oxidation sites excluding steroid dienone is 2. The van der Waals surface area contributed by atoms with Crippen LogP contribution in [0.2, 0.25) is 0 Å². The number of nitro benzene ring substituents is 1. The molecule has 4 rings (SSSR count). The van der Waals surface area contributed by atoms with E-state index in [1.54, 1.807) is 34.5 Å². The summed E-state index contributed by atoms with van der Waals surface area (Å²) in [4.78, 5) is 11.4. The van der Waals surface area contributed by atoms with E-state index in [1.807, 2.05) is 12.1 Å². The zero-order valence-corrected chi connectivity index (χ0v) is 17.3. The zero-order valence-electron chi connectivity index (χ0n) is 17.3. The van der Waals surface area contributed by atoms with Gasteiger partial charge in [0.05, 0.1) is 50.7 Å². The van der Waals surface area contributed by atoms with Crippen molar-refractivity contribution in [3.63, 3.8) is 0 Å². The lowest BCUT2D eigenvalue weighted by Crippen LogP contribution is -2.30. The van der Waals surface area contributed by atoms with Crippen molar-refractivity contribution in [1.82, 2.24) is 0 Å². The van der Waals surface area contributed by atoms with Gasteiger partial charge >= 0.3 is 0 Å². The molecule has 2 aromatic carbocycles. The van der Waals surface area contributed by atoms with E-state index in [-0.39, 0.29) is 28.5 Å². The van der Waals surface area contributed by atoms with Crippen molar-refractivity contribution in [1.29, 1.82) is 0 Å². The third-order valence-electron chi connectivity index (χ3n) is 5.92. The molecule has 8 nitrogen and oxygen atoms in total. The first-order valence-electron chi connectivity index (χ1n) is 9.62. The largest absolute Gasteiger partial charge is 0.495 e. The van der Waals surface area contributed by atoms with E-state index in [2.05, 4.69) is 17.5 Å². The predicted molar refractivity (Wildman–Crippen MR) is 112 cm³/mol. The molecule has 0 aromatic heterocycles. The molecule has 1 aliphatic carbocycles. The number of hydrogen-bond donors (Lipinski definition) is 1. The summed E-state index contributed by atoms with van der Waals surface area (Å²) >= 11 is 0. The maximum atomic E-state index is 11.7. The van der Waals surface area contributed by atoms with Gasteiger partial charge in [0.25, 0.3) is 5.69 Å². The van der Waals surface area contributed by atoms with Gasteiger partial charge in [-0.05, 0) is 36.1 Å². The minimum atomic E-state index is -0.330. The van der Waals surface area contributed by atoms with E-state index < -0.39 is 0 Å². The molecule has 8 heteroatoms. The Morgan fingerprint density at radius 2 is 1.67 bits per heavy atom. The van der Waals surface area contributed by atoms with Gasteiger partial charge in [0.1, 0.15) is 5.75 Å². The fourth-order valence-corrected chi connectivity index (χ4v) is 4.60. The Morgan fingerprint density at radius 3 is 2.23 bits per heavy atom. The first-order valence-corrected chi connectivity index (χ1v) is 9.62. The van der Waals surface area contributed by atoms with Gasteiger partial charge in [0, 0.05) is 12.0 Å². The molecule has 3 unspecified atom stereocenters. The van der Waals surface area contributed by atoms with Gasteiger partial charge in [-0.2, -0.15) is 0 Å². The van der Waals surface area contributed by atoms with Crippen LogP contribution in [-0.2, 0) is 0 Å². The average molecular weight is 412 g/mol. The number of nitrogens with one attached hydrogen (secondary N) is 1. The Bertz CT molecular complexity index is 994. The number of ether oxygens (including phenoxy) is 4. The van der Waals surface area contributed by atoms with Crippen LogP contribution in [0.3, 0.4) is 0 Å². The molecule has 0 radical (unpaired) electrons. The van der Waals surface area contributed by atoms with Crippen LogP contribution in [0.4, 0.5) is 11.4 Å². The van der Waals surface area contributed by atoms with Gasteiger partial charge in [-0.25, -0.2) is 0 Å². The van der Waals surface area contributed by atoms with Crippen LogP contribution in [0.5, 0.6) is 23.0 Å². The van der Waals surface area contributed by atoms with Crippen molar-refractivity contribution in [3.8, 4) is 23.0 Å². The van der Waals surface area contributed by atoms with E-state index in [0.29, 0.717) is 34.2 Å². The Morgan fingerprint density at radius 1 is 1.00 bits per heavy atom. The van der Waals surface area contributed by atoms with Gasteiger partial charge in [-0.1, -0.05) is 12.2 Å². The SMILES string of the molecule is COc1ccc([N+](=O)[O-])c2c1NC(c1cc(OC)c(OC)c(OC)c1)C1CC=CC21. The Balaban J connectivity index is 1.88. The first kappa shape index (κ1) is 19.9. The summed E-state index contributed by atoms with van der Waals surface area (Å²) in [6.45, 7) is 0. The van der Waals surface area contributed by atoms with Gasteiger partial charge in [0.2, 0.25) is 5.75 Å². The van der Waals surface area contributed by atoms with Crippen molar-refractivity contribution in [2.75, 3.05) is 33.8 Å². The molecule has 158 valence electrons. The molecule has 0 saturated heterocycles. The van der Waals surface area contributed by atoms with E-state index in [0.717, 1.165) is 12.0 Å². The summed E-state index contributed by atoms with van der Waals surface area (Å²) in [5.74, 6) is 2.23. The van der Waals surface area contributed by atoms with Gasteiger partial charge in [0.15, 0.2) is 11.5 Å². The highest BCUT2D eigenvalue weighted by Crippen LogP contribution is 2.56. The van der Waals surface area contributed by atoms with Crippen LogP contribution in [0.1, 0.15) is 29.5 Å². The topological polar surface area (TPSA) is 92.1 Å². The highest BCUT2D eigenvalue weighted by Gasteiger charge is 2.43. The molecule has 1 heterocycles. The normalized spacial score (nSPS) is 21.3. The summed E-state index contributed by atoms with van der Waals surface area (Å²) in [6.07, 6.45) is 4.94. The maximum absolute atomic E-state index is 11.7. The third-order valence-corrected chi connectivity index (χ3v) is 5.92. The quantitative estimate of drug-likeness (QED) is 0.425. The van der Waals surface area contributed by atoms with Gasteiger partial charge < -0.3 is 24.3 Å². The molecule has 3 atom stereocenters. The van der Waals surface area contributed by atoms with Crippen molar-refractivity contribution < 1.29 is 23.9 Å². The van der Waals surface area contributed by atoms with Gasteiger partial charge in [-0.3, -0.25) is 10.1 Å². The third kappa shape index (κ3) is 2.99. The number of rotatable bonds is 6. The first-order chi connectivity index (χ1) is 14.5. The summed E-state index contributed by atoms with van der Waals surface area (Å²) < 4.78 is 22.0. The molecule has 30 heavy (non-hydrogen) atoms. The predicted octanol–water partition coefficient (Wildman–Crippen LogP) is 4.46. The maximum Gasteiger partial charge on any atom is 0.275 e. The Kier molecular flexibility index (Phi) is 5.15. The second-order valence-corrected chi connectivity index (χ2v) is 7.27. The average Bonchev–Trinajstić information content (AvgIpc) is 3.26. The standard InChI is InChI=1S/C22H24N2O6/c1-27-16-9-8-15(24(25)26)19-13-6-5-7-14(13)20(23-21(16)19)12-10-17(28-2)22(30-4)18(11-12)29-3/h5-6,8-11,13-14,20,23H,7H2,1-4H3. The lowest BCUT2D eigenvalue weighted by Gasteiger charge is -2.38. The fraction of sp³-hybridized carbons (Fsp3) is 0.364. The van der Waals surface area contributed by atoms with E-state index in [1.165, 1.54) is 6.07 Å². The molecular formula is C22H24N2O6. The number of nitro groups is 1. The number of anilines is 1. The molecule has 0 saturated carbocycles. The van der Waals surface area contributed by atoms with E-state index in [9.17, 15) is 10.1 Å². The lowest BCUT2D eigenvalue weighted by atomic mass is 9.76. The Hall–Kier alpha value is -3.42. The smallest absolute Gasteiger partial charge is 0.275 e. The number of hydrogen-bond acceptors (Lipinski definition) is 7. The molecular weight excluding hydrogens is 388 g/mol. The highest BCUT2D eigenvalue weighted by atomic mass is 16.6. The fourth-order valence-electron chi connectivity index (χ4n) is 4.60. The Labute approximate surface area is 174 Å². The van der Waals surface area contributed by atoms with Crippen LogP contribution in [0.25, 0.3) is 0 Å². The van der Waals surface area contributed by atoms with Crippen molar-refractivity contribution in [2.24, 2.45) is 5.92 Å². The summed E-state index contributed by atoms with van der Waals surface area (Å²) in [7, 11) is 6.29. The van der Waals surface area contributed by atoms with Crippen LogP contribution in [-0.4, -0.2) is 33.4 Å². The van der Waals surface area contributed by atoms with Crippen LogP contribution >= 0.6 is 0 Å².